The highest BCUT2D eigenvalue weighted by Crippen LogP contribution is 2.35. The first-order chi connectivity index (χ1) is 20.9. The van der Waals surface area contributed by atoms with Crippen LogP contribution >= 0.6 is 0 Å². The number of nitrogens with zero attached hydrogens (tertiary/aromatic N) is 2. The summed E-state index contributed by atoms with van der Waals surface area (Å²) < 4.78 is 45.2. The normalized spacial score (nSPS) is 20.0. The van der Waals surface area contributed by atoms with Crippen LogP contribution in [0, 0.1) is 5.92 Å². The standard InChI is InChI=1S/C31H40F3N5O5/c1-19-16-39(20(2)18-40)28(41)24-10-7-11-25(37-29(42)35-23-14-12-21(13-15-23)31(32,33)34)27(24)44-26(19)17-38(3)30(43)36-22-8-5-4-6-9-22/h7,10-15,19-20,22,26,40H,4-6,8-9,16-18H2,1-3H3,(H,36,43)(H2,35,37,42)/t19-,20-,26+/m1/s1. The van der Waals surface area contributed by atoms with E-state index in [-0.39, 0.29) is 60.4 Å². The lowest BCUT2D eigenvalue weighted by molar-refractivity contribution is -0.137. The van der Waals surface area contributed by atoms with Gasteiger partial charge in [-0.2, -0.15) is 13.2 Å². The van der Waals surface area contributed by atoms with Crippen molar-refractivity contribution < 1.29 is 37.4 Å². The number of amides is 5. The van der Waals surface area contributed by atoms with Gasteiger partial charge < -0.3 is 35.6 Å². The van der Waals surface area contributed by atoms with Gasteiger partial charge >= 0.3 is 18.2 Å². The number of likely N-dealkylation sites (N-methyl/N-ethyl adjacent to an activating group) is 1. The van der Waals surface area contributed by atoms with Gasteiger partial charge in [0.1, 0.15) is 6.10 Å². The van der Waals surface area contributed by atoms with Gasteiger partial charge in [0.15, 0.2) is 5.75 Å². The molecular weight excluding hydrogens is 579 g/mol. The number of anilines is 2. The molecule has 2 aliphatic rings. The van der Waals surface area contributed by atoms with Gasteiger partial charge in [-0.15, -0.1) is 0 Å². The number of benzene rings is 2. The molecule has 240 valence electrons. The Hall–Kier alpha value is -4.00. The Labute approximate surface area is 254 Å². The van der Waals surface area contributed by atoms with E-state index in [0.29, 0.717) is 0 Å². The summed E-state index contributed by atoms with van der Waals surface area (Å²) in [5.41, 5.74) is -0.403. The summed E-state index contributed by atoms with van der Waals surface area (Å²) in [6.45, 7) is 3.79. The number of aliphatic hydroxyl groups is 1. The number of aliphatic hydroxyl groups excluding tert-OH is 1. The predicted molar refractivity (Wildman–Crippen MR) is 160 cm³/mol. The van der Waals surface area contributed by atoms with Gasteiger partial charge in [-0.25, -0.2) is 9.59 Å². The Kier molecular flexibility index (Phi) is 10.6. The van der Waals surface area contributed by atoms with E-state index >= 15 is 0 Å². The van der Waals surface area contributed by atoms with Crippen molar-refractivity contribution in [2.45, 2.75) is 70.3 Å². The van der Waals surface area contributed by atoms with E-state index in [0.717, 1.165) is 56.4 Å². The molecule has 10 nitrogen and oxygen atoms in total. The average Bonchev–Trinajstić information content (AvgIpc) is 2.99. The third-order valence-electron chi connectivity index (χ3n) is 8.14. The fraction of sp³-hybridized carbons (Fsp3) is 0.516. The molecule has 0 unspecified atom stereocenters. The molecule has 44 heavy (non-hydrogen) atoms. The molecule has 3 atom stereocenters. The zero-order valence-corrected chi connectivity index (χ0v) is 25.1. The average molecular weight is 620 g/mol. The number of carbonyl (C=O) groups excluding carboxylic acids is 3. The number of hydrogen-bond donors (Lipinski definition) is 4. The molecular formula is C31H40F3N5O5. The maximum atomic E-state index is 13.7. The van der Waals surface area contributed by atoms with E-state index in [1.165, 1.54) is 0 Å². The summed E-state index contributed by atoms with van der Waals surface area (Å²) in [6.07, 6.45) is 0.0664. The number of alkyl halides is 3. The number of ether oxygens (including phenoxy) is 1. The van der Waals surface area contributed by atoms with Gasteiger partial charge in [0.05, 0.1) is 36.0 Å². The highest BCUT2D eigenvalue weighted by molar-refractivity contribution is 6.04. The van der Waals surface area contributed by atoms with Crippen LogP contribution in [0.5, 0.6) is 5.75 Å². The van der Waals surface area contributed by atoms with Crippen LogP contribution in [0.2, 0.25) is 0 Å². The van der Waals surface area contributed by atoms with E-state index in [4.69, 9.17) is 4.74 Å². The molecule has 4 rings (SSSR count). The van der Waals surface area contributed by atoms with Crippen molar-refractivity contribution >= 4 is 29.3 Å². The van der Waals surface area contributed by atoms with Gasteiger partial charge in [0.2, 0.25) is 0 Å². The van der Waals surface area contributed by atoms with Gasteiger partial charge in [0, 0.05) is 31.2 Å². The second kappa shape index (κ2) is 14.2. The molecule has 1 saturated carbocycles. The van der Waals surface area contributed by atoms with Crippen molar-refractivity contribution in [1.82, 2.24) is 15.1 Å². The maximum absolute atomic E-state index is 13.7. The largest absolute Gasteiger partial charge is 0.485 e. The number of hydrogen-bond acceptors (Lipinski definition) is 5. The molecule has 2 aromatic rings. The van der Waals surface area contributed by atoms with Crippen molar-refractivity contribution in [3.63, 3.8) is 0 Å². The molecule has 4 N–H and O–H groups in total. The van der Waals surface area contributed by atoms with Crippen molar-refractivity contribution in [3.8, 4) is 5.75 Å². The molecule has 5 amide bonds. The van der Waals surface area contributed by atoms with E-state index in [1.807, 2.05) is 6.92 Å². The number of halogens is 3. The second-order valence-electron chi connectivity index (χ2n) is 11.6. The molecule has 1 aliphatic heterocycles. The van der Waals surface area contributed by atoms with Crippen molar-refractivity contribution in [2.24, 2.45) is 5.92 Å². The minimum Gasteiger partial charge on any atom is -0.485 e. The minimum absolute atomic E-state index is 0.0906. The van der Waals surface area contributed by atoms with Crippen LogP contribution in [-0.4, -0.2) is 77.8 Å². The number of carbonyl (C=O) groups is 3. The van der Waals surface area contributed by atoms with E-state index in [1.54, 1.807) is 42.0 Å². The first-order valence-corrected chi connectivity index (χ1v) is 14.9. The van der Waals surface area contributed by atoms with Crippen molar-refractivity contribution in [3.05, 3.63) is 53.6 Å². The van der Waals surface area contributed by atoms with Gasteiger partial charge in [-0.3, -0.25) is 4.79 Å². The van der Waals surface area contributed by atoms with Crippen molar-refractivity contribution in [1.29, 1.82) is 0 Å². The molecule has 0 aromatic heterocycles. The number of para-hydroxylation sites is 1. The van der Waals surface area contributed by atoms with Crippen LogP contribution in [0.25, 0.3) is 0 Å². The summed E-state index contributed by atoms with van der Waals surface area (Å²) in [4.78, 5) is 42.7. The van der Waals surface area contributed by atoms with Gasteiger partial charge in [-0.05, 0) is 56.2 Å². The molecule has 1 heterocycles. The minimum atomic E-state index is -4.51. The van der Waals surface area contributed by atoms with Crippen LogP contribution in [0.15, 0.2) is 42.5 Å². The highest BCUT2D eigenvalue weighted by atomic mass is 19.4. The second-order valence-corrected chi connectivity index (χ2v) is 11.6. The maximum Gasteiger partial charge on any atom is 0.416 e. The van der Waals surface area contributed by atoms with Crippen LogP contribution < -0.4 is 20.7 Å². The fourth-order valence-corrected chi connectivity index (χ4v) is 5.47. The predicted octanol–water partition coefficient (Wildman–Crippen LogP) is 5.54. The van der Waals surface area contributed by atoms with Crippen LogP contribution in [0.3, 0.4) is 0 Å². The Morgan fingerprint density at radius 1 is 1.09 bits per heavy atom. The van der Waals surface area contributed by atoms with E-state index in [2.05, 4.69) is 16.0 Å². The summed E-state index contributed by atoms with van der Waals surface area (Å²) in [7, 11) is 1.68. The lowest BCUT2D eigenvalue weighted by atomic mass is 9.96. The van der Waals surface area contributed by atoms with Gasteiger partial charge in [-0.1, -0.05) is 32.3 Å². The SMILES string of the molecule is C[C@@H]1CN([C@H](C)CO)C(=O)c2cccc(NC(=O)Nc3ccc(C(F)(F)F)cc3)c2O[C@H]1CN(C)C(=O)NC1CCCCC1. The fourth-order valence-electron chi connectivity index (χ4n) is 5.47. The lowest BCUT2D eigenvalue weighted by Gasteiger charge is -2.38. The Bertz CT molecular complexity index is 1320. The van der Waals surface area contributed by atoms with Gasteiger partial charge in [0.25, 0.3) is 5.91 Å². The summed E-state index contributed by atoms with van der Waals surface area (Å²) >= 11 is 0. The molecule has 1 fully saturated rings. The third kappa shape index (κ3) is 8.13. The monoisotopic (exact) mass is 619 g/mol. The molecule has 0 radical (unpaired) electrons. The van der Waals surface area contributed by atoms with Crippen LogP contribution in [0.4, 0.5) is 34.1 Å². The summed E-state index contributed by atoms with van der Waals surface area (Å²) in [5, 5.41) is 18.1. The van der Waals surface area contributed by atoms with Crippen LogP contribution in [-0.2, 0) is 6.18 Å². The van der Waals surface area contributed by atoms with E-state index < -0.39 is 35.8 Å². The Balaban J connectivity index is 1.57. The Morgan fingerprint density at radius 3 is 2.41 bits per heavy atom. The zero-order chi connectivity index (χ0) is 32.0. The third-order valence-corrected chi connectivity index (χ3v) is 8.14. The number of fused-ring (bicyclic) bond motifs is 1. The molecule has 1 aliphatic carbocycles. The first-order valence-electron chi connectivity index (χ1n) is 14.9. The number of rotatable bonds is 7. The Morgan fingerprint density at radius 2 is 1.77 bits per heavy atom. The summed E-state index contributed by atoms with van der Waals surface area (Å²) in [5.74, 6) is -0.588. The smallest absolute Gasteiger partial charge is 0.416 e. The zero-order valence-electron chi connectivity index (χ0n) is 25.1. The lowest BCUT2D eigenvalue weighted by Crippen LogP contribution is -2.52. The molecule has 13 heteroatoms. The highest BCUT2D eigenvalue weighted by Gasteiger charge is 2.35. The van der Waals surface area contributed by atoms with Crippen molar-refractivity contribution in [2.75, 3.05) is 37.4 Å². The summed E-state index contributed by atoms with van der Waals surface area (Å²) in [6, 6.07) is 7.28. The number of nitrogens with one attached hydrogen (secondary N) is 3. The molecule has 2 aromatic carbocycles. The van der Waals surface area contributed by atoms with E-state index in [9.17, 15) is 32.7 Å². The first kappa shape index (κ1) is 32.9. The molecule has 0 bridgehead atoms. The quantitative estimate of drug-likeness (QED) is 0.324. The number of urea groups is 2. The molecule has 0 spiro atoms. The van der Waals surface area contributed by atoms with Crippen LogP contribution in [0.1, 0.15) is 61.9 Å². The molecule has 0 saturated heterocycles. The topological polar surface area (TPSA) is 123 Å².